The number of aromatic nitrogens is 1. The molecule has 0 saturated heterocycles. The van der Waals surface area contributed by atoms with Gasteiger partial charge in [-0.05, 0) is 90.4 Å². The van der Waals surface area contributed by atoms with Crippen LogP contribution in [0.3, 0.4) is 0 Å². The summed E-state index contributed by atoms with van der Waals surface area (Å²) in [6, 6.07) is 18.4. The predicted octanol–water partition coefficient (Wildman–Crippen LogP) is 5.73. The van der Waals surface area contributed by atoms with Crippen LogP contribution in [0, 0.1) is 13.8 Å². The third-order valence-electron chi connectivity index (χ3n) is 5.54. The number of amides is 1. The summed E-state index contributed by atoms with van der Waals surface area (Å²) in [5.41, 5.74) is 6.39. The second-order valence-corrected chi connectivity index (χ2v) is 9.17. The second-order valence-electron chi connectivity index (χ2n) is 8.32. The molecular formula is C28H26BrN3O6. The number of rotatable bonds is 9. The lowest BCUT2D eigenvalue weighted by Crippen LogP contribution is -2.16. The highest BCUT2D eigenvalue weighted by molar-refractivity contribution is 9.10. The average molecular weight is 580 g/mol. The zero-order valence-corrected chi connectivity index (χ0v) is 22.9. The summed E-state index contributed by atoms with van der Waals surface area (Å²) < 4.78 is 24.5. The number of carbonyl (C=O) groups excluding carboxylic acids is 2. The summed E-state index contributed by atoms with van der Waals surface area (Å²) in [6.45, 7) is 5.59. The Kier molecular flexibility index (Phi) is 8.32. The van der Waals surface area contributed by atoms with Crippen LogP contribution in [0.2, 0.25) is 0 Å². The number of halogens is 1. The number of hydrogen-bond donors (Lipinski definition) is 1. The highest BCUT2D eigenvalue weighted by Gasteiger charge is 2.13. The molecule has 1 N–H and O–H groups in total. The van der Waals surface area contributed by atoms with E-state index >= 15 is 0 Å². The van der Waals surface area contributed by atoms with Crippen molar-refractivity contribution in [3.8, 4) is 22.9 Å². The van der Waals surface area contributed by atoms with E-state index in [9.17, 15) is 9.59 Å². The van der Waals surface area contributed by atoms with Gasteiger partial charge in [0, 0.05) is 34.0 Å². The minimum atomic E-state index is -0.520. The van der Waals surface area contributed by atoms with Gasteiger partial charge in [0.15, 0.2) is 17.3 Å². The van der Waals surface area contributed by atoms with Crippen molar-refractivity contribution in [1.82, 2.24) is 9.99 Å². The molecule has 0 fully saturated rings. The SMILES string of the molecule is COc1cc(/C=N/NC(=O)c2ccc(COc3ccc(-n4c(C)ccc4C)cc3)o2)c(Br)cc1OC(C)=O. The molecule has 0 bridgehead atoms. The van der Waals surface area contributed by atoms with E-state index in [1.54, 1.807) is 24.3 Å². The fourth-order valence-electron chi connectivity index (χ4n) is 3.76. The first-order chi connectivity index (χ1) is 18.2. The molecular weight excluding hydrogens is 554 g/mol. The third kappa shape index (κ3) is 6.33. The van der Waals surface area contributed by atoms with Crippen molar-refractivity contribution in [3.63, 3.8) is 0 Å². The van der Waals surface area contributed by atoms with E-state index in [0.29, 0.717) is 27.3 Å². The van der Waals surface area contributed by atoms with Gasteiger partial charge in [0.2, 0.25) is 0 Å². The Morgan fingerprint density at radius 2 is 1.74 bits per heavy atom. The molecule has 0 atom stereocenters. The maximum Gasteiger partial charge on any atom is 0.308 e. The highest BCUT2D eigenvalue weighted by Crippen LogP contribution is 2.33. The summed E-state index contributed by atoms with van der Waals surface area (Å²) in [5, 5.41) is 3.98. The van der Waals surface area contributed by atoms with E-state index in [1.165, 1.54) is 20.2 Å². The van der Waals surface area contributed by atoms with Crippen LogP contribution >= 0.6 is 15.9 Å². The number of ether oxygens (including phenoxy) is 3. The van der Waals surface area contributed by atoms with Crippen LogP contribution in [-0.4, -0.2) is 29.8 Å². The molecule has 0 spiro atoms. The van der Waals surface area contributed by atoms with Gasteiger partial charge < -0.3 is 23.2 Å². The van der Waals surface area contributed by atoms with Crippen molar-refractivity contribution < 1.29 is 28.2 Å². The lowest BCUT2D eigenvalue weighted by molar-refractivity contribution is -0.132. The maximum absolute atomic E-state index is 12.5. The van der Waals surface area contributed by atoms with Gasteiger partial charge in [-0.3, -0.25) is 9.59 Å². The van der Waals surface area contributed by atoms with Gasteiger partial charge >= 0.3 is 11.9 Å². The van der Waals surface area contributed by atoms with Gasteiger partial charge in [-0.1, -0.05) is 0 Å². The number of nitrogens with one attached hydrogen (secondary N) is 1. The Bertz CT molecular complexity index is 1470. The molecule has 38 heavy (non-hydrogen) atoms. The molecule has 0 aliphatic rings. The minimum absolute atomic E-state index is 0.0940. The maximum atomic E-state index is 12.5. The Balaban J connectivity index is 1.33. The molecule has 2 aromatic carbocycles. The van der Waals surface area contributed by atoms with Crippen LogP contribution in [-0.2, 0) is 11.4 Å². The van der Waals surface area contributed by atoms with Crippen LogP contribution in [0.25, 0.3) is 5.69 Å². The summed E-state index contributed by atoms with van der Waals surface area (Å²) in [4.78, 5) is 23.7. The Morgan fingerprint density at radius 1 is 1.03 bits per heavy atom. The van der Waals surface area contributed by atoms with E-state index in [4.69, 9.17) is 18.6 Å². The molecule has 4 rings (SSSR count). The van der Waals surface area contributed by atoms with Crippen LogP contribution < -0.4 is 19.6 Å². The number of benzene rings is 2. The zero-order chi connectivity index (χ0) is 27.2. The van der Waals surface area contributed by atoms with Crippen molar-refractivity contribution in [2.24, 2.45) is 5.10 Å². The molecule has 0 aliphatic carbocycles. The molecule has 196 valence electrons. The number of nitrogens with zero attached hydrogens (tertiary/aromatic N) is 2. The third-order valence-corrected chi connectivity index (χ3v) is 6.23. The van der Waals surface area contributed by atoms with Gasteiger partial charge in [-0.2, -0.15) is 5.10 Å². The fraction of sp³-hybridized carbons (Fsp3) is 0.179. The molecule has 10 heteroatoms. The monoisotopic (exact) mass is 579 g/mol. The van der Waals surface area contributed by atoms with Crippen LogP contribution in [0.1, 0.15) is 40.2 Å². The van der Waals surface area contributed by atoms with Crippen LogP contribution in [0.15, 0.2) is 74.7 Å². The topological polar surface area (TPSA) is 104 Å². The van der Waals surface area contributed by atoms with E-state index in [1.807, 2.05) is 24.3 Å². The number of hydrazone groups is 1. The Labute approximate surface area is 228 Å². The van der Waals surface area contributed by atoms with E-state index in [-0.39, 0.29) is 18.1 Å². The van der Waals surface area contributed by atoms with E-state index < -0.39 is 11.9 Å². The largest absolute Gasteiger partial charge is 0.493 e. The standard InChI is InChI=1S/C28H26BrN3O6/c1-17-5-6-18(2)32(17)21-7-9-22(10-8-21)36-16-23-11-12-25(38-23)28(34)31-30-15-20-13-26(35-4)27(14-24(20)29)37-19(3)33/h5-15H,16H2,1-4H3,(H,31,34)/b30-15+. The zero-order valence-electron chi connectivity index (χ0n) is 21.3. The molecule has 4 aromatic rings. The number of carbonyl (C=O) groups is 2. The van der Waals surface area contributed by atoms with Crippen molar-refractivity contribution in [1.29, 1.82) is 0 Å². The molecule has 9 nitrogen and oxygen atoms in total. The van der Waals surface area contributed by atoms with Gasteiger partial charge in [0.1, 0.15) is 18.1 Å². The molecule has 2 heterocycles. The molecule has 0 saturated carbocycles. The summed E-state index contributed by atoms with van der Waals surface area (Å²) in [7, 11) is 1.46. The van der Waals surface area contributed by atoms with Gasteiger partial charge in [-0.25, -0.2) is 5.43 Å². The minimum Gasteiger partial charge on any atom is -0.493 e. The Hall–Kier alpha value is -4.31. The second kappa shape index (κ2) is 11.8. The Morgan fingerprint density at radius 3 is 2.39 bits per heavy atom. The summed E-state index contributed by atoms with van der Waals surface area (Å²) >= 11 is 3.39. The molecule has 0 aliphatic heterocycles. The average Bonchev–Trinajstić information content (AvgIpc) is 3.50. The first-order valence-electron chi connectivity index (χ1n) is 11.6. The smallest absolute Gasteiger partial charge is 0.308 e. The number of furan rings is 1. The van der Waals surface area contributed by atoms with Crippen molar-refractivity contribution in [2.45, 2.75) is 27.4 Å². The van der Waals surface area contributed by atoms with Crippen molar-refractivity contribution in [2.75, 3.05) is 7.11 Å². The predicted molar refractivity (Wildman–Crippen MR) is 145 cm³/mol. The van der Waals surface area contributed by atoms with Gasteiger partial charge in [0.05, 0.1) is 13.3 Å². The summed E-state index contributed by atoms with van der Waals surface area (Å²) in [6.07, 6.45) is 1.43. The molecule has 0 unspecified atom stereocenters. The number of hydrogen-bond acceptors (Lipinski definition) is 7. The molecule has 0 radical (unpaired) electrons. The number of methoxy groups -OCH3 is 1. The number of aryl methyl sites for hydroxylation is 2. The summed E-state index contributed by atoms with van der Waals surface area (Å²) in [5.74, 6) is 0.892. The number of esters is 1. The van der Waals surface area contributed by atoms with Crippen molar-refractivity contribution >= 4 is 34.0 Å². The van der Waals surface area contributed by atoms with Gasteiger partial charge in [-0.15, -0.1) is 0 Å². The van der Waals surface area contributed by atoms with Gasteiger partial charge in [0.25, 0.3) is 0 Å². The normalized spacial score (nSPS) is 11.0. The first-order valence-corrected chi connectivity index (χ1v) is 12.4. The van der Waals surface area contributed by atoms with Crippen molar-refractivity contribution in [3.05, 3.63) is 93.6 Å². The first kappa shape index (κ1) is 26.7. The van der Waals surface area contributed by atoms with Crippen LogP contribution in [0.5, 0.6) is 17.2 Å². The lowest BCUT2D eigenvalue weighted by Gasteiger charge is -2.10. The molecule has 2 aromatic heterocycles. The fourth-order valence-corrected chi connectivity index (χ4v) is 4.18. The van der Waals surface area contributed by atoms with E-state index in [2.05, 4.69) is 57.0 Å². The quantitative estimate of drug-likeness (QED) is 0.117. The van der Waals surface area contributed by atoms with Crippen LogP contribution in [0.4, 0.5) is 0 Å². The van der Waals surface area contributed by atoms with E-state index in [0.717, 1.165) is 17.1 Å². The lowest BCUT2D eigenvalue weighted by atomic mass is 10.2. The highest BCUT2D eigenvalue weighted by atomic mass is 79.9. The molecule has 1 amide bonds.